The van der Waals surface area contributed by atoms with E-state index in [1.807, 2.05) is 13.0 Å². The second-order valence-corrected chi connectivity index (χ2v) is 9.10. The van der Waals surface area contributed by atoms with Gasteiger partial charge in [0.05, 0.1) is 22.6 Å². The molecule has 1 aliphatic heterocycles. The minimum Gasteiger partial charge on any atom is -0.397 e. The number of fused-ring (bicyclic) bond motifs is 1. The molecule has 3 heterocycles. The van der Waals surface area contributed by atoms with Crippen molar-refractivity contribution in [1.29, 1.82) is 0 Å². The number of imidazole rings is 1. The lowest BCUT2D eigenvalue weighted by Gasteiger charge is -2.23. The van der Waals surface area contributed by atoms with Gasteiger partial charge in [0.15, 0.2) is 11.5 Å². The number of nitrogens with one attached hydrogen (secondary N) is 2. The summed E-state index contributed by atoms with van der Waals surface area (Å²) in [5.41, 5.74) is 10.2. The van der Waals surface area contributed by atoms with Crippen molar-refractivity contribution in [3.63, 3.8) is 0 Å². The van der Waals surface area contributed by atoms with Crippen LogP contribution in [0.2, 0.25) is 0 Å². The molecule has 4 N–H and O–H groups in total. The fourth-order valence-corrected chi connectivity index (χ4v) is 4.56. The first kappa shape index (κ1) is 22.3. The largest absolute Gasteiger partial charge is 0.397 e. The normalized spacial score (nSPS) is 18.3. The van der Waals surface area contributed by atoms with E-state index < -0.39 is 11.7 Å². The molecule has 178 valence electrons. The molecule has 0 radical (unpaired) electrons. The highest BCUT2D eigenvalue weighted by atomic mass is 19.1. The summed E-state index contributed by atoms with van der Waals surface area (Å²) in [6, 6.07) is 6.06. The fourth-order valence-electron chi connectivity index (χ4n) is 4.56. The summed E-state index contributed by atoms with van der Waals surface area (Å²) >= 11 is 0. The van der Waals surface area contributed by atoms with Gasteiger partial charge in [0.1, 0.15) is 0 Å². The van der Waals surface area contributed by atoms with Crippen LogP contribution in [0.1, 0.15) is 47.8 Å². The number of carbonyl (C=O) groups is 1. The zero-order valence-electron chi connectivity index (χ0n) is 19.5. The first-order valence-corrected chi connectivity index (χ1v) is 11.8. The lowest BCUT2D eigenvalue weighted by molar-refractivity contribution is 0.102. The molecule has 1 saturated carbocycles. The van der Waals surface area contributed by atoms with Crippen LogP contribution in [0.3, 0.4) is 0 Å². The number of nitrogen functional groups attached to an aromatic ring is 1. The van der Waals surface area contributed by atoms with Crippen LogP contribution in [0.25, 0.3) is 5.65 Å². The Morgan fingerprint density at radius 2 is 2.12 bits per heavy atom. The Kier molecular flexibility index (Phi) is 5.95. The van der Waals surface area contributed by atoms with Crippen molar-refractivity contribution in [2.45, 2.75) is 45.2 Å². The number of rotatable bonds is 7. The number of aromatic nitrogens is 2. The van der Waals surface area contributed by atoms with Crippen LogP contribution in [-0.4, -0.2) is 53.2 Å². The number of nitrogens with zero attached hydrogens (tertiary/aromatic N) is 4. The molecule has 0 bridgehead atoms. The van der Waals surface area contributed by atoms with Crippen molar-refractivity contribution in [2.75, 3.05) is 35.6 Å². The molecule has 1 aromatic carbocycles. The fraction of sp³-hybridized carbons (Fsp3) is 0.400. The minimum absolute atomic E-state index is 0.220. The molecular formula is C25H30FN7O. The Bertz CT molecular complexity index is 1260. The van der Waals surface area contributed by atoms with Crippen LogP contribution in [-0.2, 0) is 0 Å². The lowest BCUT2D eigenvalue weighted by Crippen LogP contribution is -2.34. The van der Waals surface area contributed by atoms with Crippen molar-refractivity contribution < 1.29 is 9.18 Å². The zero-order valence-corrected chi connectivity index (χ0v) is 19.5. The topological polar surface area (TPSA) is 100 Å². The van der Waals surface area contributed by atoms with Crippen LogP contribution in [0.15, 0.2) is 35.6 Å². The molecule has 1 aliphatic carbocycles. The van der Waals surface area contributed by atoms with Crippen LogP contribution < -0.4 is 21.3 Å². The van der Waals surface area contributed by atoms with E-state index in [0.29, 0.717) is 41.3 Å². The van der Waals surface area contributed by atoms with Crippen LogP contribution in [0, 0.1) is 12.7 Å². The van der Waals surface area contributed by atoms with E-state index in [4.69, 9.17) is 5.73 Å². The van der Waals surface area contributed by atoms with Gasteiger partial charge in [0, 0.05) is 67.6 Å². The smallest absolute Gasteiger partial charge is 0.257 e. The number of carbonyl (C=O) groups excluding carboxylic acids is 1. The van der Waals surface area contributed by atoms with Gasteiger partial charge in [-0.05, 0) is 45.2 Å². The van der Waals surface area contributed by atoms with Gasteiger partial charge in [-0.15, -0.1) is 0 Å². The number of anilines is 3. The molecule has 0 spiro atoms. The van der Waals surface area contributed by atoms with Gasteiger partial charge in [-0.2, -0.15) is 0 Å². The number of aryl methyl sites for hydroxylation is 1. The number of nitrogens with two attached hydrogens (primary N) is 1. The number of amides is 1. The molecule has 2 aliphatic rings. The van der Waals surface area contributed by atoms with Crippen LogP contribution in [0.4, 0.5) is 21.5 Å². The number of halogens is 1. The molecule has 9 heteroatoms. The van der Waals surface area contributed by atoms with Gasteiger partial charge < -0.3 is 25.7 Å². The highest BCUT2D eigenvalue weighted by Crippen LogP contribution is 2.32. The van der Waals surface area contributed by atoms with Crippen LogP contribution in [0.5, 0.6) is 0 Å². The Hall–Kier alpha value is -3.46. The Labute approximate surface area is 198 Å². The Balaban J connectivity index is 1.41. The van der Waals surface area contributed by atoms with E-state index in [1.54, 1.807) is 36.0 Å². The van der Waals surface area contributed by atoms with E-state index in [2.05, 4.69) is 25.5 Å². The molecule has 34 heavy (non-hydrogen) atoms. The molecule has 2 aromatic heterocycles. The summed E-state index contributed by atoms with van der Waals surface area (Å²) in [6.45, 7) is 6.18. The number of aliphatic imine (C=N–C) groups is 1. The molecule has 3 aromatic rings. The summed E-state index contributed by atoms with van der Waals surface area (Å²) < 4.78 is 16.0. The van der Waals surface area contributed by atoms with Crippen molar-refractivity contribution in [3.05, 3.63) is 53.2 Å². The predicted molar refractivity (Wildman–Crippen MR) is 134 cm³/mol. The highest BCUT2D eigenvalue weighted by Gasteiger charge is 2.30. The number of hydrogen-bond donors (Lipinski definition) is 3. The van der Waals surface area contributed by atoms with E-state index in [0.717, 1.165) is 30.8 Å². The van der Waals surface area contributed by atoms with Crippen molar-refractivity contribution >= 4 is 34.8 Å². The third kappa shape index (κ3) is 4.48. The second kappa shape index (κ2) is 9.06. The molecule has 1 saturated heterocycles. The van der Waals surface area contributed by atoms with E-state index >= 15 is 0 Å². The van der Waals surface area contributed by atoms with Gasteiger partial charge in [0.25, 0.3) is 5.91 Å². The summed E-state index contributed by atoms with van der Waals surface area (Å²) in [7, 11) is 0. The average Bonchev–Trinajstić information content (AvgIpc) is 3.34. The van der Waals surface area contributed by atoms with E-state index in [1.165, 1.54) is 18.9 Å². The van der Waals surface area contributed by atoms with E-state index in [9.17, 15) is 9.18 Å². The third-order valence-corrected chi connectivity index (χ3v) is 6.37. The number of pyridine rings is 1. The summed E-state index contributed by atoms with van der Waals surface area (Å²) in [6.07, 6.45) is 8.70. The van der Waals surface area contributed by atoms with Gasteiger partial charge in [-0.3, -0.25) is 9.79 Å². The molecule has 1 unspecified atom stereocenters. The molecule has 1 atom stereocenters. The predicted octanol–water partition coefficient (Wildman–Crippen LogP) is 3.39. The third-order valence-electron chi connectivity index (χ3n) is 6.37. The number of benzene rings is 1. The van der Waals surface area contributed by atoms with Gasteiger partial charge >= 0.3 is 0 Å². The molecule has 1 amide bonds. The Morgan fingerprint density at radius 3 is 2.88 bits per heavy atom. The van der Waals surface area contributed by atoms with E-state index in [-0.39, 0.29) is 5.65 Å². The van der Waals surface area contributed by atoms with Crippen molar-refractivity contribution in [2.24, 2.45) is 4.99 Å². The minimum atomic E-state index is -0.506. The highest BCUT2D eigenvalue weighted by molar-refractivity contribution is 6.11. The summed E-state index contributed by atoms with van der Waals surface area (Å²) in [5, 5.41) is 6.47. The van der Waals surface area contributed by atoms with Crippen LogP contribution >= 0.6 is 0 Å². The summed E-state index contributed by atoms with van der Waals surface area (Å²) in [4.78, 5) is 24.0. The SMILES string of the molecule is CCN=Cc1c(N2CCC(NC3CC3)C2)ccc(C(=O)Nc2cc(F)c3nc(C)cn3c2)c1N. The first-order valence-electron chi connectivity index (χ1n) is 11.8. The van der Waals surface area contributed by atoms with Crippen molar-refractivity contribution in [3.8, 4) is 0 Å². The maximum absolute atomic E-state index is 14.4. The Morgan fingerprint density at radius 1 is 1.29 bits per heavy atom. The first-order chi connectivity index (χ1) is 16.4. The van der Waals surface area contributed by atoms with Gasteiger partial charge in [-0.1, -0.05) is 0 Å². The zero-order chi connectivity index (χ0) is 23.8. The molecule has 8 nitrogen and oxygen atoms in total. The monoisotopic (exact) mass is 463 g/mol. The van der Waals surface area contributed by atoms with Gasteiger partial charge in [-0.25, -0.2) is 9.37 Å². The maximum atomic E-state index is 14.4. The molecular weight excluding hydrogens is 433 g/mol. The molecule has 5 rings (SSSR count). The standard InChI is InChI=1S/C25H30FN7O/c1-3-28-11-20-22(32-9-8-17(13-32)30-16-4-5-16)7-6-19(23(20)27)25(34)31-18-10-21(26)24-29-15(2)12-33(24)14-18/h6-7,10-12,14,16-17,30H,3-5,8-9,13,27H2,1-2H3,(H,31,34). The number of hydrogen-bond acceptors (Lipinski definition) is 6. The second-order valence-electron chi connectivity index (χ2n) is 9.10. The van der Waals surface area contributed by atoms with Crippen molar-refractivity contribution in [1.82, 2.24) is 14.7 Å². The maximum Gasteiger partial charge on any atom is 0.257 e. The lowest BCUT2D eigenvalue weighted by atomic mass is 10.0. The average molecular weight is 464 g/mol. The quantitative estimate of drug-likeness (QED) is 0.368. The summed E-state index contributed by atoms with van der Waals surface area (Å²) in [5.74, 6) is -0.908. The molecule has 2 fully saturated rings. The van der Waals surface area contributed by atoms with Gasteiger partial charge in [0.2, 0.25) is 0 Å².